The first-order valence-corrected chi connectivity index (χ1v) is 9.40. The summed E-state index contributed by atoms with van der Waals surface area (Å²) in [5, 5.41) is 1.45. The number of hydrogen-bond acceptors (Lipinski definition) is 2. The Hall–Kier alpha value is -2.13. The Morgan fingerprint density at radius 3 is 2.84 bits per heavy atom. The second kappa shape index (κ2) is 6.64. The highest BCUT2D eigenvalue weighted by molar-refractivity contribution is 5.86. The third kappa shape index (κ3) is 2.98. The van der Waals surface area contributed by atoms with Crippen molar-refractivity contribution in [1.82, 2.24) is 14.5 Å². The van der Waals surface area contributed by atoms with Gasteiger partial charge in [0.1, 0.15) is 0 Å². The number of aromatic nitrogens is 2. The van der Waals surface area contributed by atoms with Crippen LogP contribution in [0, 0.1) is 0 Å². The molecule has 0 N–H and O–H groups in total. The Kier molecular flexibility index (Phi) is 4.34. The number of likely N-dealkylation sites (N-methyl/N-ethyl adjacent to an activating group) is 1. The van der Waals surface area contributed by atoms with E-state index in [2.05, 4.69) is 65.7 Å². The van der Waals surface area contributed by atoms with E-state index >= 15 is 0 Å². The smallest absolute Gasteiger partial charge is 0.0486 e. The normalized spacial score (nSPS) is 17.8. The van der Waals surface area contributed by atoms with Gasteiger partial charge in [0.25, 0.3) is 0 Å². The molecule has 1 unspecified atom stereocenters. The van der Waals surface area contributed by atoms with Crippen molar-refractivity contribution in [3.63, 3.8) is 0 Å². The van der Waals surface area contributed by atoms with Crippen molar-refractivity contribution in [2.75, 3.05) is 7.05 Å². The molecule has 4 rings (SSSR count). The van der Waals surface area contributed by atoms with Crippen molar-refractivity contribution in [3.05, 3.63) is 65.1 Å². The molecular formula is C22H27N3. The minimum atomic E-state index is 0.594. The van der Waals surface area contributed by atoms with E-state index < -0.39 is 0 Å². The zero-order valence-electron chi connectivity index (χ0n) is 15.5. The molecule has 3 heteroatoms. The van der Waals surface area contributed by atoms with Gasteiger partial charge in [0, 0.05) is 60.5 Å². The van der Waals surface area contributed by atoms with Crippen LogP contribution in [0.5, 0.6) is 0 Å². The summed E-state index contributed by atoms with van der Waals surface area (Å²) in [6.07, 6.45) is 5.10. The number of aryl methyl sites for hydroxylation is 3. The lowest BCUT2D eigenvalue weighted by Gasteiger charge is -2.31. The first-order valence-electron chi connectivity index (χ1n) is 9.40. The van der Waals surface area contributed by atoms with Crippen LogP contribution in [0.3, 0.4) is 0 Å². The van der Waals surface area contributed by atoms with Crippen LogP contribution in [0.15, 0.2) is 42.6 Å². The molecule has 0 bridgehead atoms. The summed E-state index contributed by atoms with van der Waals surface area (Å²) < 4.78 is 2.56. The molecular weight excluding hydrogens is 306 g/mol. The zero-order valence-corrected chi connectivity index (χ0v) is 15.5. The fraction of sp³-hybridized carbons (Fsp3) is 0.409. The zero-order chi connectivity index (χ0) is 17.4. The van der Waals surface area contributed by atoms with Crippen molar-refractivity contribution in [2.24, 2.45) is 0 Å². The molecule has 1 aliphatic heterocycles. The fourth-order valence-corrected chi connectivity index (χ4v) is 4.02. The first-order chi connectivity index (χ1) is 12.2. The lowest BCUT2D eigenvalue weighted by atomic mass is 9.99. The van der Waals surface area contributed by atoms with E-state index in [1.165, 1.54) is 33.4 Å². The van der Waals surface area contributed by atoms with Gasteiger partial charge in [0.2, 0.25) is 0 Å². The molecule has 25 heavy (non-hydrogen) atoms. The van der Waals surface area contributed by atoms with E-state index in [1.54, 1.807) is 0 Å². The number of rotatable bonds is 4. The van der Waals surface area contributed by atoms with Crippen molar-refractivity contribution in [3.8, 4) is 0 Å². The molecule has 0 fully saturated rings. The highest BCUT2D eigenvalue weighted by atomic mass is 15.1. The SMILES string of the molecule is CCc1ccc2c(c1)c1c(n2CCc2ccccn2)CC(C)N(C)C1. The monoisotopic (exact) mass is 333 g/mol. The van der Waals surface area contributed by atoms with Crippen LogP contribution >= 0.6 is 0 Å². The summed E-state index contributed by atoms with van der Waals surface area (Å²) in [6, 6.07) is 13.8. The maximum atomic E-state index is 4.50. The van der Waals surface area contributed by atoms with Gasteiger partial charge in [-0.15, -0.1) is 0 Å². The Morgan fingerprint density at radius 2 is 2.08 bits per heavy atom. The number of fused-ring (bicyclic) bond motifs is 3. The van der Waals surface area contributed by atoms with Gasteiger partial charge in [-0.25, -0.2) is 0 Å². The number of hydrogen-bond donors (Lipinski definition) is 0. The molecule has 1 aliphatic rings. The second-order valence-corrected chi connectivity index (χ2v) is 7.32. The molecule has 1 atom stereocenters. The molecule has 2 aromatic heterocycles. The molecule has 0 aliphatic carbocycles. The van der Waals surface area contributed by atoms with Crippen LogP contribution in [0.25, 0.3) is 10.9 Å². The summed E-state index contributed by atoms with van der Waals surface area (Å²) in [5.41, 5.74) is 7.06. The quantitative estimate of drug-likeness (QED) is 0.713. The predicted molar refractivity (Wildman–Crippen MR) is 104 cm³/mol. The Labute approximate surface area is 150 Å². The lowest BCUT2D eigenvalue weighted by molar-refractivity contribution is 0.228. The van der Waals surface area contributed by atoms with Crippen LogP contribution in [0.1, 0.15) is 36.4 Å². The largest absolute Gasteiger partial charge is 0.344 e. The standard InChI is InChI=1S/C22H27N3/c1-4-17-8-9-21-19(14-17)20-15-24(3)16(2)13-22(20)25(21)12-10-18-7-5-6-11-23-18/h5-9,11,14,16H,4,10,12-13,15H2,1-3H3. The van der Waals surface area contributed by atoms with Gasteiger partial charge in [0.05, 0.1) is 0 Å². The first kappa shape index (κ1) is 16.3. The van der Waals surface area contributed by atoms with Gasteiger partial charge >= 0.3 is 0 Å². The molecule has 0 spiro atoms. The van der Waals surface area contributed by atoms with E-state index in [0.29, 0.717) is 6.04 Å². The average molecular weight is 333 g/mol. The molecule has 3 heterocycles. The Bertz CT molecular complexity index is 879. The summed E-state index contributed by atoms with van der Waals surface area (Å²) in [5.74, 6) is 0. The lowest BCUT2D eigenvalue weighted by Crippen LogP contribution is -2.35. The molecule has 0 saturated heterocycles. The number of nitrogens with zero attached hydrogens (tertiary/aromatic N) is 3. The second-order valence-electron chi connectivity index (χ2n) is 7.32. The molecule has 0 amide bonds. The Balaban J connectivity index is 1.78. The van der Waals surface area contributed by atoms with Crippen LogP contribution in [-0.4, -0.2) is 27.5 Å². The third-order valence-electron chi connectivity index (χ3n) is 5.73. The molecule has 130 valence electrons. The van der Waals surface area contributed by atoms with Crippen LogP contribution in [0.4, 0.5) is 0 Å². The summed E-state index contributed by atoms with van der Waals surface area (Å²) >= 11 is 0. The molecule has 3 aromatic rings. The maximum Gasteiger partial charge on any atom is 0.0486 e. The summed E-state index contributed by atoms with van der Waals surface area (Å²) in [6.45, 7) is 6.63. The van der Waals surface area contributed by atoms with E-state index in [4.69, 9.17) is 0 Å². The van der Waals surface area contributed by atoms with Crippen molar-refractivity contribution in [2.45, 2.75) is 52.2 Å². The van der Waals surface area contributed by atoms with Gasteiger partial charge < -0.3 is 4.57 Å². The third-order valence-corrected chi connectivity index (χ3v) is 5.73. The average Bonchev–Trinajstić information content (AvgIpc) is 2.93. The highest BCUT2D eigenvalue weighted by Crippen LogP contribution is 2.33. The molecule has 1 aromatic carbocycles. The van der Waals surface area contributed by atoms with E-state index in [-0.39, 0.29) is 0 Å². The van der Waals surface area contributed by atoms with Crippen LogP contribution < -0.4 is 0 Å². The van der Waals surface area contributed by atoms with Gasteiger partial charge in [-0.05, 0) is 55.8 Å². The minimum Gasteiger partial charge on any atom is -0.344 e. The highest BCUT2D eigenvalue weighted by Gasteiger charge is 2.26. The molecule has 0 radical (unpaired) electrons. The van der Waals surface area contributed by atoms with E-state index in [1.807, 2.05) is 12.3 Å². The summed E-state index contributed by atoms with van der Waals surface area (Å²) in [4.78, 5) is 6.98. The van der Waals surface area contributed by atoms with Gasteiger partial charge in [-0.3, -0.25) is 9.88 Å². The van der Waals surface area contributed by atoms with E-state index in [9.17, 15) is 0 Å². The minimum absolute atomic E-state index is 0.594. The Morgan fingerprint density at radius 1 is 1.20 bits per heavy atom. The number of benzene rings is 1. The van der Waals surface area contributed by atoms with Gasteiger partial charge in [-0.2, -0.15) is 0 Å². The van der Waals surface area contributed by atoms with Gasteiger partial charge in [0.15, 0.2) is 0 Å². The molecule has 0 saturated carbocycles. The predicted octanol–water partition coefficient (Wildman–Crippen LogP) is 4.22. The maximum absolute atomic E-state index is 4.50. The van der Waals surface area contributed by atoms with Crippen molar-refractivity contribution in [1.29, 1.82) is 0 Å². The van der Waals surface area contributed by atoms with Crippen molar-refractivity contribution >= 4 is 10.9 Å². The van der Waals surface area contributed by atoms with E-state index in [0.717, 1.165) is 32.4 Å². The van der Waals surface area contributed by atoms with Gasteiger partial charge in [-0.1, -0.05) is 19.1 Å². The number of pyridine rings is 1. The molecule has 3 nitrogen and oxygen atoms in total. The van der Waals surface area contributed by atoms with Crippen molar-refractivity contribution < 1.29 is 0 Å². The van der Waals surface area contributed by atoms with Crippen LogP contribution in [-0.2, 0) is 32.4 Å². The van der Waals surface area contributed by atoms with Crippen LogP contribution in [0.2, 0.25) is 0 Å². The summed E-state index contributed by atoms with van der Waals surface area (Å²) in [7, 11) is 2.24. The fourth-order valence-electron chi connectivity index (χ4n) is 4.02. The topological polar surface area (TPSA) is 21.1 Å².